The predicted molar refractivity (Wildman–Crippen MR) is 132 cm³/mol. The molecule has 6 nitrogen and oxygen atoms in total. The molecule has 0 radical (unpaired) electrons. The molecule has 1 aliphatic heterocycles. The number of nitrogens with one attached hydrogen (secondary N) is 2. The van der Waals surface area contributed by atoms with E-state index in [-0.39, 0.29) is 18.1 Å². The summed E-state index contributed by atoms with van der Waals surface area (Å²) in [5, 5.41) is 6.02. The number of allylic oxidation sites excluding steroid dienone is 1. The molecule has 184 valence electrons. The molecule has 2 rings (SSSR count). The predicted octanol–water partition coefficient (Wildman–Crippen LogP) is 6.69. The molecule has 1 aromatic carbocycles. The molecule has 0 bridgehead atoms. The molecule has 1 aromatic rings. The van der Waals surface area contributed by atoms with Gasteiger partial charge in [-0.2, -0.15) is 0 Å². The molecule has 1 aliphatic rings. The number of amides is 2. The van der Waals surface area contributed by atoms with Gasteiger partial charge in [-0.1, -0.05) is 77.0 Å². The maximum Gasteiger partial charge on any atom is 0.338 e. The second-order valence-electron chi connectivity index (χ2n) is 9.12. The number of ether oxygens (including phenoxy) is 2. The van der Waals surface area contributed by atoms with Crippen LogP contribution in [0.15, 0.2) is 29.5 Å². The Morgan fingerprint density at radius 2 is 1.73 bits per heavy atom. The van der Waals surface area contributed by atoms with E-state index < -0.39 is 12.0 Å². The number of unbranched alkanes of at least 4 members (excludes halogenated alkanes) is 6. The second-order valence-corrected chi connectivity index (χ2v) is 9.53. The van der Waals surface area contributed by atoms with E-state index in [1.54, 1.807) is 26.0 Å². The summed E-state index contributed by atoms with van der Waals surface area (Å²) < 4.78 is 11.3. The molecule has 7 heteroatoms. The van der Waals surface area contributed by atoms with E-state index in [0.29, 0.717) is 34.2 Å². The molecule has 0 spiro atoms. The van der Waals surface area contributed by atoms with Gasteiger partial charge in [0, 0.05) is 10.7 Å². The first kappa shape index (κ1) is 27.0. The first-order valence-corrected chi connectivity index (χ1v) is 12.6. The van der Waals surface area contributed by atoms with E-state index in [0.717, 1.165) is 12.8 Å². The van der Waals surface area contributed by atoms with Crippen LogP contribution in [0.1, 0.15) is 91.2 Å². The van der Waals surface area contributed by atoms with Crippen LogP contribution in [0.4, 0.5) is 4.79 Å². The van der Waals surface area contributed by atoms with Gasteiger partial charge in [-0.05, 0) is 43.9 Å². The number of carbonyl (C=O) groups is 2. The van der Waals surface area contributed by atoms with Gasteiger partial charge in [0.25, 0.3) is 0 Å². The first-order chi connectivity index (χ1) is 15.7. The molecule has 0 saturated carbocycles. The highest BCUT2D eigenvalue weighted by molar-refractivity contribution is 6.31. The van der Waals surface area contributed by atoms with Crippen molar-refractivity contribution < 1.29 is 19.1 Å². The summed E-state index contributed by atoms with van der Waals surface area (Å²) >= 11 is 6.60. The van der Waals surface area contributed by atoms with Crippen LogP contribution in [0.2, 0.25) is 5.02 Å². The number of esters is 1. The Morgan fingerprint density at radius 1 is 1.06 bits per heavy atom. The van der Waals surface area contributed by atoms with Gasteiger partial charge in [0.2, 0.25) is 0 Å². The van der Waals surface area contributed by atoms with Crippen LogP contribution in [-0.4, -0.2) is 24.7 Å². The Morgan fingerprint density at radius 3 is 2.33 bits per heavy atom. The monoisotopic (exact) mass is 478 g/mol. The van der Waals surface area contributed by atoms with E-state index in [9.17, 15) is 9.59 Å². The van der Waals surface area contributed by atoms with Crippen molar-refractivity contribution >= 4 is 23.6 Å². The number of hydrogen-bond donors (Lipinski definition) is 2. The fourth-order valence-electron chi connectivity index (χ4n) is 3.86. The fourth-order valence-corrected chi connectivity index (χ4v) is 4.14. The highest BCUT2D eigenvalue weighted by Crippen LogP contribution is 2.36. The maximum atomic E-state index is 12.9. The third kappa shape index (κ3) is 8.26. The van der Waals surface area contributed by atoms with Crippen LogP contribution in [0.25, 0.3) is 0 Å². The zero-order valence-electron chi connectivity index (χ0n) is 20.6. The number of urea groups is 1. The highest BCUT2D eigenvalue weighted by atomic mass is 35.5. The van der Waals surface area contributed by atoms with Crippen molar-refractivity contribution in [1.29, 1.82) is 0 Å². The topological polar surface area (TPSA) is 76.7 Å². The van der Waals surface area contributed by atoms with Crippen LogP contribution < -0.4 is 15.4 Å². The first-order valence-electron chi connectivity index (χ1n) is 12.2. The largest absolute Gasteiger partial charge is 0.494 e. The fraction of sp³-hybridized carbons (Fsp3) is 0.615. The molecular formula is C26H39ClN2O4. The Hall–Kier alpha value is -2.21. The smallest absolute Gasteiger partial charge is 0.338 e. The standard InChI is InChI=1S/C26H39ClN2O4/c1-6-7-8-9-10-11-12-15-32-19-13-14-20(21(27)16-19)24-22(25(30)33-18(4)5)23(17(2)3)28-26(31)29-24/h13-14,16-18,24H,6-12,15H2,1-5H3,(H2,28,29,31). The summed E-state index contributed by atoms with van der Waals surface area (Å²) in [4.78, 5) is 25.3. The summed E-state index contributed by atoms with van der Waals surface area (Å²) in [5.74, 6) is 0.132. The molecule has 33 heavy (non-hydrogen) atoms. The third-order valence-electron chi connectivity index (χ3n) is 5.54. The minimum atomic E-state index is -0.702. The Labute approximate surface area is 203 Å². The maximum absolute atomic E-state index is 12.9. The lowest BCUT2D eigenvalue weighted by Gasteiger charge is -2.31. The molecule has 2 amide bonds. The number of rotatable bonds is 13. The molecule has 2 N–H and O–H groups in total. The van der Waals surface area contributed by atoms with Crippen LogP contribution in [-0.2, 0) is 9.53 Å². The molecule has 1 atom stereocenters. The lowest BCUT2D eigenvalue weighted by molar-refractivity contribution is -0.143. The number of hydrogen-bond acceptors (Lipinski definition) is 4. The Kier molecular flexibility index (Phi) is 11.0. The summed E-state index contributed by atoms with van der Waals surface area (Å²) in [7, 11) is 0. The zero-order valence-corrected chi connectivity index (χ0v) is 21.4. The van der Waals surface area contributed by atoms with Crippen LogP contribution in [0.5, 0.6) is 5.75 Å². The van der Waals surface area contributed by atoms with E-state index in [1.165, 1.54) is 32.1 Å². The van der Waals surface area contributed by atoms with Gasteiger partial charge in [0.05, 0.1) is 24.3 Å². The van der Waals surface area contributed by atoms with E-state index >= 15 is 0 Å². The minimum Gasteiger partial charge on any atom is -0.494 e. The summed E-state index contributed by atoms with van der Waals surface area (Å²) in [6, 6.07) is 4.30. The third-order valence-corrected chi connectivity index (χ3v) is 5.87. The normalized spacial score (nSPS) is 16.1. The lowest BCUT2D eigenvalue weighted by atomic mass is 9.91. The summed E-state index contributed by atoms with van der Waals surface area (Å²) in [6.45, 7) is 10.3. The van der Waals surface area contributed by atoms with Crippen LogP contribution >= 0.6 is 11.6 Å². The van der Waals surface area contributed by atoms with Crippen molar-refractivity contribution in [3.8, 4) is 5.75 Å². The van der Waals surface area contributed by atoms with Gasteiger partial charge in [0.1, 0.15) is 5.75 Å². The molecule has 0 aromatic heterocycles. The van der Waals surface area contributed by atoms with Crippen molar-refractivity contribution in [3.63, 3.8) is 0 Å². The SMILES string of the molecule is CCCCCCCCCOc1ccc(C2NC(=O)NC(C(C)C)=C2C(=O)OC(C)C)c(Cl)c1. The number of carbonyl (C=O) groups excluding carboxylic acids is 2. The van der Waals surface area contributed by atoms with E-state index in [1.807, 2.05) is 19.9 Å². The Bertz CT molecular complexity index is 836. The Balaban J connectivity index is 2.11. The van der Waals surface area contributed by atoms with Gasteiger partial charge in [-0.15, -0.1) is 0 Å². The average molecular weight is 479 g/mol. The minimum absolute atomic E-state index is 0.0726. The number of halogens is 1. The van der Waals surface area contributed by atoms with Crippen LogP contribution in [0.3, 0.4) is 0 Å². The van der Waals surface area contributed by atoms with Crippen molar-refractivity contribution in [2.24, 2.45) is 5.92 Å². The number of benzene rings is 1. The summed E-state index contributed by atoms with van der Waals surface area (Å²) in [6.07, 6.45) is 8.26. The lowest BCUT2D eigenvalue weighted by Crippen LogP contribution is -2.47. The quantitative estimate of drug-likeness (QED) is 0.244. The molecule has 0 fully saturated rings. The molecular weight excluding hydrogens is 440 g/mol. The van der Waals surface area contributed by atoms with Crippen LogP contribution in [0, 0.1) is 5.92 Å². The van der Waals surface area contributed by atoms with Gasteiger partial charge in [-0.25, -0.2) is 9.59 Å². The summed E-state index contributed by atoms with van der Waals surface area (Å²) in [5.41, 5.74) is 1.55. The van der Waals surface area contributed by atoms with Crippen molar-refractivity contribution in [2.75, 3.05) is 6.61 Å². The van der Waals surface area contributed by atoms with E-state index in [2.05, 4.69) is 17.6 Å². The zero-order chi connectivity index (χ0) is 24.4. The molecule has 0 saturated heterocycles. The van der Waals surface area contributed by atoms with Crippen molar-refractivity contribution in [2.45, 2.75) is 91.7 Å². The molecule has 1 heterocycles. The second kappa shape index (κ2) is 13.5. The molecule has 1 unspecified atom stereocenters. The van der Waals surface area contributed by atoms with Crippen molar-refractivity contribution in [3.05, 3.63) is 40.1 Å². The van der Waals surface area contributed by atoms with Crippen molar-refractivity contribution in [1.82, 2.24) is 10.6 Å². The van der Waals surface area contributed by atoms with Gasteiger partial charge in [-0.3, -0.25) is 0 Å². The molecule has 0 aliphatic carbocycles. The van der Waals surface area contributed by atoms with E-state index in [4.69, 9.17) is 21.1 Å². The van der Waals surface area contributed by atoms with Gasteiger partial charge < -0.3 is 20.1 Å². The average Bonchev–Trinajstić information content (AvgIpc) is 2.74. The van der Waals surface area contributed by atoms with Gasteiger partial charge in [0.15, 0.2) is 0 Å². The van der Waals surface area contributed by atoms with Gasteiger partial charge >= 0.3 is 12.0 Å². The highest BCUT2D eigenvalue weighted by Gasteiger charge is 2.36.